The van der Waals surface area contributed by atoms with Crippen molar-refractivity contribution in [2.45, 2.75) is 284 Å². The minimum absolute atomic E-state index is 0.0829. The first-order valence-electron chi connectivity index (χ1n) is 30.4. The topological polar surface area (TPSA) is 78.9 Å². The van der Waals surface area contributed by atoms with Crippen LogP contribution in [0.3, 0.4) is 0 Å². The minimum atomic E-state index is -0.784. The van der Waals surface area contributed by atoms with Gasteiger partial charge in [0.05, 0.1) is 0 Å². The molecule has 0 radical (unpaired) electrons. The molecule has 6 heteroatoms. The van der Waals surface area contributed by atoms with E-state index in [1.165, 1.54) is 122 Å². The fraction of sp³-hybridized carbons (Fsp3) is 0.687. The zero-order valence-electron chi connectivity index (χ0n) is 47.6. The molecular formula is C67H112O6. The van der Waals surface area contributed by atoms with Crippen LogP contribution in [0.5, 0.6) is 0 Å². The molecule has 6 nitrogen and oxygen atoms in total. The molecule has 0 bridgehead atoms. The third-order valence-corrected chi connectivity index (χ3v) is 12.8. The predicted molar refractivity (Wildman–Crippen MR) is 316 cm³/mol. The molecule has 73 heavy (non-hydrogen) atoms. The van der Waals surface area contributed by atoms with Crippen LogP contribution in [0.4, 0.5) is 0 Å². The molecule has 0 fully saturated rings. The van der Waals surface area contributed by atoms with Gasteiger partial charge in [-0.2, -0.15) is 0 Å². The zero-order valence-corrected chi connectivity index (χ0v) is 47.6. The Kier molecular flexibility index (Phi) is 57.4. The first-order valence-corrected chi connectivity index (χ1v) is 30.4. The van der Waals surface area contributed by atoms with Crippen molar-refractivity contribution < 1.29 is 28.6 Å². The predicted octanol–water partition coefficient (Wildman–Crippen LogP) is 20.7. The molecule has 0 saturated heterocycles. The lowest BCUT2D eigenvalue weighted by molar-refractivity contribution is -0.167. The third-order valence-electron chi connectivity index (χ3n) is 12.8. The van der Waals surface area contributed by atoms with Crippen molar-refractivity contribution in [1.29, 1.82) is 0 Å². The van der Waals surface area contributed by atoms with Gasteiger partial charge in [0, 0.05) is 19.3 Å². The highest BCUT2D eigenvalue weighted by Crippen LogP contribution is 2.15. The fourth-order valence-corrected chi connectivity index (χ4v) is 8.22. The molecule has 1 atom stereocenters. The maximum atomic E-state index is 12.8. The van der Waals surface area contributed by atoms with E-state index in [1.54, 1.807) is 0 Å². The van der Waals surface area contributed by atoms with Crippen molar-refractivity contribution >= 4 is 17.9 Å². The summed E-state index contributed by atoms with van der Waals surface area (Å²) in [5.41, 5.74) is 0. The molecule has 0 spiro atoms. The molecule has 1 unspecified atom stereocenters. The van der Waals surface area contributed by atoms with Crippen LogP contribution in [-0.4, -0.2) is 37.2 Å². The van der Waals surface area contributed by atoms with Crippen LogP contribution in [-0.2, 0) is 28.6 Å². The Labute approximate surface area is 450 Å². The van der Waals surface area contributed by atoms with Gasteiger partial charge in [0.2, 0.25) is 0 Å². The lowest BCUT2D eigenvalue weighted by Gasteiger charge is -2.18. The molecule has 416 valence electrons. The average Bonchev–Trinajstić information content (AvgIpc) is 3.39. The van der Waals surface area contributed by atoms with Crippen LogP contribution >= 0.6 is 0 Å². The van der Waals surface area contributed by atoms with Crippen molar-refractivity contribution in [1.82, 2.24) is 0 Å². The van der Waals surface area contributed by atoms with E-state index >= 15 is 0 Å². The van der Waals surface area contributed by atoms with Gasteiger partial charge in [0.1, 0.15) is 13.2 Å². The minimum Gasteiger partial charge on any atom is -0.462 e. The number of rotatable bonds is 54. The molecule has 0 N–H and O–H groups in total. The van der Waals surface area contributed by atoms with E-state index in [9.17, 15) is 14.4 Å². The van der Waals surface area contributed by atoms with Crippen LogP contribution in [0.2, 0.25) is 0 Å². The maximum Gasteiger partial charge on any atom is 0.306 e. The highest BCUT2D eigenvalue weighted by molar-refractivity contribution is 5.71. The summed E-state index contributed by atoms with van der Waals surface area (Å²) in [4.78, 5) is 38.0. The quantitative estimate of drug-likeness (QED) is 0.0261. The SMILES string of the molecule is CC/C=C\C/C=C\C/C=C\C/C=C\C/C=C\C/C=C\C/C=C\CCCCCCCCCC(=O)OCC(COC(=O)CCCCCCCCC)OC(=O)CCCCCCCCCCC/C=C\C/C=C\CCCCC. The number of esters is 3. The van der Waals surface area contributed by atoms with Gasteiger partial charge >= 0.3 is 17.9 Å². The molecule has 0 aromatic heterocycles. The second-order valence-electron chi connectivity index (χ2n) is 19.9. The number of allylic oxidation sites excluding steroid dienone is 18. The number of ether oxygens (including phenoxy) is 3. The summed E-state index contributed by atoms with van der Waals surface area (Å²) in [5.74, 6) is -0.903. The van der Waals surface area contributed by atoms with Gasteiger partial charge in [-0.25, -0.2) is 0 Å². The third kappa shape index (κ3) is 58.8. The standard InChI is InChI=1S/C67H112O6/c1-4-7-10-13-16-18-20-22-24-26-28-29-30-31-32-33-34-35-36-37-39-40-42-44-46-48-51-54-57-60-66(69)72-63-64(62-71-65(68)59-56-53-50-15-12-9-6-3)73-67(70)61-58-55-52-49-47-45-43-41-38-27-25-23-21-19-17-14-11-8-5-2/h7,10,16-19,22-25,28-29,31-32,34-35,37,39,64H,4-6,8-9,11-15,20-21,26-27,30,33,36,38,40-63H2,1-3H3/b10-7-,18-16-,19-17-,24-22-,25-23-,29-28-,32-31-,35-34-,39-37-. The number of carbonyl (C=O) groups excluding carboxylic acids is 3. The van der Waals surface area contributed by atoms with Gasteiger partial charge in [-0.3, -0.25) is 14.4 Å². The molecule has 0 amide bonds. The largest absolute Gasteiger partial charge is 0.462 e. The lowest BCUT2D eigenvalue weighted by atomic mass is 10.1. The Bertz CT molecular complexity index is 1490. The first-order chi connectivity index (χ1) is 36.0. The molecule has 0 rings (SSSR count). The van der Waals surface area contributed by atoms with Gasteiger partial charge in [-0.15, -0.1) is 0 Å². The van der Waals surface area contributed by atoms with Crippen molar-refractivity contribution in [3.63, 3.8) is 0 Å². The van der Waals surface area contributed by atoms with Crippen LogP contribution in [0.25, 0.3) is 0 Å². The second kappa shape index (κ2) is 60.6. The van der Waals surface area contributed by atoms with Crippen molar-refractivity contribution in [2.24, 2.45) is 0 Å². The molecule has 0 heterocycles. The molecule has 0 aliphatic heterocycles. The fourth-order valence-electron chi connectivity index (χ4n) is 8.22. The molecule has 0 saturated carbocycles. The summed E-state index contributed by atoms with van der Waals surface area (Å²) < 4.78 is 16.8. The number of unbranched alkanes of at least 4 members (excludes halogenated alkanes) is 25. The first kappa shape index (κ1) is 69.1. The van der Waals surface area contributed by atoms with Gasteiger partial charge in [-0.1, -0.05) is 259 Å². The normalized spacial score (nSPS) is 12.9. The Morgan fingerprint density at radius 1 is 0.288 bits per heavy atom. The monoisotopic (exact) mass is 1010 g/mol. The lowest BCUT2D eigenvalue weighted by Crippen LogP contribution is -2.30. The molecular weight excluding hydrogens is 901 g/mol. The van der Waals surface area contributed by atoms with E-state index < -0.39 is 6.10 Å². The summed E-state index contributed by atoms with van der Waals surface area (Å²) in [6, 6.07) is 0. The Balaban J connectivity index is 4.20. The molecule has 0 aliphatic rings. The van der Waals surface area contributed by atoms with E-state index in [-0.39, 0.29) is 31.1 Å². The Morgan fingerprint density at radius 2 is 0.534 bits per heavy atom. The van der Waals surface area contributed by atoms with Gasteiger partial charge < -0.3 is 14.2 Å². The number of hydrogen-bond acceptors (Lipinski definition) is 6. The summed E-state index contributed by atoms with van der Waals surface area (Å²) in [6.45, 7) is 6.45. The molecule has 0 aromatic carbocycles. The summed E-state index contributed by atoms with van der Waals surface area (Å²) in [5, 5.41) is 0. The number of carbonyl (C=O) groups is 3. The van der Waals surface area contributed by atoms with E-state index in [4.69, 9.17) is 14.2 Å². The Morgan fingerprint density at radius 3 is 0.863 bits per heavy atom. The average molecular weight is 1010 g/mol. The maximum absolute atomic E-state index is 12.8. The van der Waals surface area contributed by atoms with Gasteiger partial charge in [-0.05, 0) is 109 Å². The van der Waals surface area contributed by atoms with Crippen molar-refractivity contribution in [3.05, 3.63) is 109 Å². The zero-order chi connectivity index (χ0) is 52.9. The van der Waals surface area contributed by atoms with Crippen LogP contribution in [0.1, 0.15) is 278 Å². The molecule has 0 aromatic rings. The highest BCUT2D eigenvalue weighted by Gasteiger charge is 2.19. The van der Waals surface area contributed by atoms with E-state index in [2.05, 4.69) is 130 Å². The van der Waals surface area contributed by atoms with Crippen molar-refractivity contribution in [2.75, 3.05) is 13.2 Å². The van der Waals surface area contributed by atoms with Gasteiger partial charge in [0.15, 0.2) is 6.10 Å². The summed E-state index contributed by atoms with van der Waals surface area (Å²) in [7, 11) is 0. The van der Waals surface area contributed by atoms with E-state index in [0.717, 1.165) is 116 Å². The van der Waals surface area contributed by atoms with Crippen molar-refractivity contribution in [3.8, 4) is 0 Å². The smallest absolute Gasteiger partial charge is 0.306 e. The van der Waals surface area contributed by atoms with Crippen LogP contribution in [0, 0.1) is 0 Å². The Hall–Kier alpha value is -3.93. The summed E-state index contributed by atoms with van der Waals surface area (Å²) in [6.07, 6.45) is 82.5. The van der Waals surface area contributed by atoms with Crippen LogP contribution < -0.4 is 0 Å². The number of hydrogen-bond donors (Lipinski definition) is 0. The second-order valence-corrected chi connectivity index (χ2v) is 19.9. The van der Waals surface area contributed by atoms with E-state index in [1.807, 2.05) is 0 Å². The van der Waals surface area contributed by atoms with Gasteiger partial charge in [0.25, 0.3) is 0 Å². The summed E-state index contributed by atoms with van der Waals surface area (Å²) >= 11 is 0. The van der Waals surface area contributed by atoms with E-state index in [0.29, 0.717) is 19.3 Å². The highest BCUT2D eigenvalue weighted by atomic mass is 16.6. The molecule has 0 aliphatic carbocycles. The van der Waals surface area contributed by atoms with Crippen LogP contribution in [0.15, 0.2) is 109 Å².